The summed E-state index contributed by atoms with van der Waals surface area (Å²) in [5, 5.41) is 2.92. The Morgan fingerprint density at radius 2 is 2.09 bits per heavy atom. The van der Waals surface area contributed by atoms with E-state index in [-0.39, 0.29) is 36.7 Å². The average Bonchev–Trinajstić information content (AvgIpc) is 3.38. The Morgan fingerprint density at radius 3 is 2.91 bits per heavy atom. The topological polar surface area (TPSA) is 67.9 Å². The SMILES string of the molecule is O=C1CO[C@H]2CCN(C(=O)c3ccccc3OC3CC3)C[C@@H]2N1. The molecule has 2 amide bonds. The fourth-order valence-electron chi connectivity index (χ4n) is 3.17. The number of likely N-dealkylation sites (tertiary alicyclic amines) is 1. The van der Waals surface area contributed by atoms with Crippen LogP contribution in [0.5, 0.6) is 5.75 Å². The monoisotopic (exact) mass is 316 g/mol. The van der Waals surface area contributed by atoms with Crippen molar-refractivity contribution in [3.63, 3.8) is 0 Å². The minimum absolute atomic E-state index is 0.00899. The summed E-state index contributed by atoms with van der Waals surface area (Å²) in [6, 6.07) is 7.28. The predicted molar refractivity (Wildman–Crippen MR) is 82.3 cm³/mol. The zero-order valence-corrected chi connectivity index (χ0v) is 12.9. The lowest BCUT2D eigenvalue weighted by Crippen LogP contribution is -2.61. The van der Waals surface area contributed by atoms with Crippen molar-refractivity contribution in [1.82, 2.24) is 10.2 Å². The van der Waals surface area contributed by atoms with Gasteiger partial charge in [-0.25, -0.2) is 0 Å². The zero-order chi connectivity index (χ0) is 15.8. The van der Waals surface area contributed by atoms with E-state index in [1.807, 2.05) is 24.3 Å². The van der Waals surface area contributed by atoms with Gasteiger partial charge in [0.05, 0.1) is 23.8 Å². The molecule has 3 fully saturated rings. The second-order valence-corrected chi connectivity index (χ2v) is 6.38. The molecule has 2 saturated heterocycles. The van der Waals surface area contributed by atoms with Crippen LogP contribution in [0.15, 0.2) is 24.3 Å². The molecule has 2 aliphatic heterocycles. The minimum atomic E-state index is -0.120. The summed E-state index contributed by atoms with van der Waals surface area (Å²) >= 11 is 0. The molecule has 0 unspecified atom stereocenters. The van der Waals surface area contributed by atoms with E-state index in [1.54, 1.807) is 4.90 Å². The van der Waals surface area contributed by atoms with E-state index in [0.717, 1.165) is 19.3 Å². The molecular weight excluding hydrogens is 296 g/mol. The number of benzene rings is 1. The number of nitrogens with zero attached hydrogens (tertiary/aromatic N) is 1. The lowest BCUT2D eigenvalue weighted by atomic mass is 9.99. The van der Waals surface area contributed by atoms with E-state index in [0.29, 0.717) is 24.4 Å². The summed E-state index contributed by atoms with van der Waals surface area (Å²) < 4.78 is 11.4. The van der Waals surface area contributed by atoms with Gasteiger partial charge in [-0.15, -0.1) is 0 Å². The van der Waals surface area contributed by atoms with Gasteiger partial charge in [0.25, 0.3) is 5.91 Å². The van der Waals surface area contributed by atoms with Crippen LogP contribution < -0.4 is 10.1 Å². The molecule has 122 valence electrons. The molecule has 1 N–H and O–H groups in total. The quantitative estimate of drug-likeness (QED) is 0.902. The van der Waals surface area contributed by atoms with Gasteiger partial charge < -0.3 is 19.7 Å². The molecule has 1 aromatic rings. The maximum absolute atomic E-state index is 12.9. The van der Waals surface area contributed by atoms with Crippen LogP contribution in [-0.4, -0.2) is 54.7 Å². The highest BCUT2D eigenvalue weighted by Crippen LogP contribution is 2.30. The largest absolute Gasteiger partial charge is 0.490 e. The smallest absolute Gasteiger partial charge is 0.257 e. The molecule has 2 atom stereocenters. The third kappa shape index (κ3) is 3.03. The van der Waals surface area contributed by atoms with Gasteiger partial charge in [0.15, 0.2) is 0 Å². The van der Waals surface area contributed by atoms with Crippen molar-refractivity contribution in [2.24, 2.45) is 0 Å². The molecule has 0 bridgehead atoms. The number of para-hydroxylation sites is 1. The zero-order valence-electron chi connectivity index (χ0n) is 12.9. The van der Waals surface area contributed by atoms with Gasteiger partial charge in [-0.2, -0.15) is 0 Å². The fourth-order valence-corrected chi connectivity index (χ4v) is 3.17. The van der Waals surface area contributed by atoms with Crippen LogP contribution in [0.25, 0.3) is 0 Å². The Labute approximate surface area is 134 Å². The van der Waals surface area contributed by atoms with Gasteiger partial charge in [-0.3, -0.25) is 9.59 Å². The Balaban J connectivity index is 1.49. The van der Waals surface area contributed by atoms with E-state index in [9.17, 15) is 9.59 Å². The number of rotatable bonds is 3. The Hall–Kier alpha value is -2.08. The molecular formula is C17H20N2O4. The van der Waals surface area contributed by atoms with Gasteiger partial charge in [0, 0.05) is 13.1 Å². The average molecular weight is 316 g/mol. The lowest BCUT2D eigenvalue weighted by Gasteiger charge is -2.41. The summed E-state index contributed by atoms with van der Waals surface area (Å²) in [5.74, 6) is 0.503. The van der Waals surface area contributed by atoms with E-state index >= 15 is 0 Å². The van der Waals surface area contributed by atoms with E-state index in [1.165, 1.54) is 0 Å². The van der Waals surface area contributed by atoms with E-state index in [2.05, 4.69) is 5.32 Å². The number of hydrogen-bond acceptors (Lipinski definition) is 4. The van der Waals surface area contributed by atoms with Crippen LogP contribution in [0.1, 0.15) is 29.6 Å². The molecule has 4 rings (SSSR count). The molecule has 0 spiro atoms. The predicted octanol–water partition coefficient (Wildman–Crippen LogP) is 0.957. The molecule has 0 radical (unpaired) electrons. The molecule has 6 nitrogen and oxygen atoms in total. The van der Waals surface area contributed by atoms with Crippen molar-refractivity contribution in [2.75, 3.05) is 19.7 Å². The highest BCUT2D eigenvalue weighted by atomic mass is 16.5. The van der Waals surface area contributed by atoms with Crippen LogP contribution in [0, 0.1) is 0 Å². The van der Waals surface area contributed by atoms with Crippen LogP contribution in [-0.2, 0) is 9.53 Å². The number of piperidine rings is 1. The van der Waals surface area contributed by atoms with E-state index < -0.39 is 0 Å². The number of morpholine rings is 1. The van der Waals surface area contributed by atoms with Crippen LogP contribution >= 0.6 is 0 Å². The van der Waals surface area contributed by atoms with Crippen LogP contribution in [0.3, 0.4) is 0 Å². The Kier molecular flexibility index (Phi) is 3.69. The third-order valence-electron chi connectivity index (χ3n) is 4.55. The summed E-state index contributed by atoms with van der Waals surface area (Å²) in [5.41, 5.74) is 0.598. The Bertz CT molecular complexity index is 629. The first kappa shape index (κ1) is 14.5. The molecule has 23 heavy (non-hydrogen) atoms. The first-order valence-corrected chi connectivity index (χ1v) is 8.16. The summed E-state index contributed by atoms with van der Waals surface area (Å²) in [4.78, 5) is 26.1. The molecule has 1 saturated carbocycles. The van der Waals surface area contributed by atoms with Crippen molar-refractivity contribution in [2.45, 2.75) is 37.5 Å². The first-order valence-electron chi connectivity index (χ1n) is 8.16. The van der Waals surface area contributed by atoms with Gasteiger partial charge in [0.2, 0.25) is 5.91 Å². The van der Waals surface area contributed by atoms with E-state index in [4.69, 9.17) is 9.47 Å². The van der Waals surface area contributed by atoms with Crippen molar-refractivity contribution in [3.05, 3.63) is 29.8 Å². The highest BCUT2D eigenvalue weighted by Gasteiger charge is 2.37. The third-order valence-corrected chi connectivity index (χ3v) is 4.55. The number of nitrogens with one attached hydrogen (secondary N) is 1. The second kappa shape index (κ2) is 5.85. The molecule has 6 heteroatoms. The Morgan fingerprint density at radius 1 is 1.26 bits per heavy atom. The number of hydrogen-bond donors (Lipinski definition) is 1. The van der Waals surface area contributed by atoms with Crippen molar-refractivity contribution >= 4 is 11.8 Å². The van der Waals surface area contributed by atoms with Gasteiger partial charge >= 0.3 is 0 Å². The molecule has 1 aromatic carbocycles. The molecule has 0 aromatic heterocycles. The fraction of sp³-hybridized carbons (Fsp3) is 0.529. The standard InChI is InChI=1S/C17H20N2O4/c20-16-10-22-15-7-8-19(9-13(15)18-16)17(21)12-3-1-2-4-14(12)23-11-5-6-11/h1-4,11,13,15H,5-10H2,(H,18,20)/t13-,15-/m0/s1. The molecule has 1 aliphatic carbocycles. The summed E-state index contributed by atoms with van der Waals surface area (Å²) in [6.07, 6.45) is 3.11. The van der Waals surface area contributed by atoms with Gasteiger partial charge in [-0.05, 0) is 31.4 Å². The maximum Gasteiger partial charge on any atom is 0.257 e. The number of carbonyl (C=O) groups excluding carboxylic acids is 2. The van der Waals surface area contributed by atoms with Crippen molar-refractivity contribution < 1.29 is 19.1 Å². The lowest BCUT2D eigenvalue weighted by molar-refractivity contribution is -0.139. The van der Waals surface area contributed by atoms with Crippen molar-refractivity contribution in [3.8, 4) is 5.75 Å². The second-order valence-electron chi connectivity index (χ2n) is 6.38. The number of amides is 2. The maximum atomic E-state index is 12.9. The molecule has 2 heterocycles. The highest BCUT2D eigenvalue weighted by molar-refractivity contribution is 5.97. The first-order chi connectivity index (χ1) is 11.2. The number of carbonyl (C=O) groups is 2. The minimum Gasteiger partial charge on any atom is -0.490 e. The van der Waals surface area contributed by atoms with Gasteiger partial charge in [-0.1, -0.05) is 12.1 Å². The normalized spacial score (nSPS) is 27.1. The number of ether oxygens (including phenoxy) is 2. The molecule has 3 aliphatic rings. The van der Waals surface area contributed by atoms with Crippen LogP contribution in [0.4, 0.5) is 0 Å². The van der Waals surface area contributed by atoms with Crippen LogP contribution in [0.2, 0.25) is 0 Å². The number of fused-ring (bicyclic) bond motifs is 1. The summed E-state index contributed by atoms with van der Waals surface area (Å²) in [7, 11) is 0. The summed E-state index contributed by atoms with van der Waals surface area (Å²) in [6.45, 7) is 1.23. The van der Waals surface area contributed by atoms with Crippen molar-refractivity contribution in [1.29, 1.82) is 0 Å². The van der Waals surface area contributed by atoms with Gasteiger partial charge in [0.1, 0.15) is 12.4 Å².